The fourth-order valence-corrected chi connectivity index (χ4v) is 3.60. The van der Waals surface area contributed by atoms with E-state index in [1.54, 1.807) is 24.3 Å². The van der Waals surface area contributed by atoms with E-state index in [1.165, 1.54) is 51.1 Å². The predicted octanol–water partition coefficient (Wildman–Crippen LogP) is 4.58. The minimum Gasteiger partial charge on any atom is -0.478 e. The number of Topliss-reactive ketones (excluding diaryl/α,β-unsaturated/α-hetero) is 3. The molecule has 3 aromatic rings. The van der Waals surface area contributed by atoms with Gasteiger partial charge in [0.2, 0.25) is 0 Å². The van der Waals surface area contributed by atoms with Crippen molar-refractivity contribution < 1.29 is 38.6 Å². The maximum Gasteiger partial charge on any atom is 0.339 e. The number of esters is 1. The van der Waals surface area contributed by atoms with Crippen LogP contribution in [0.25, 0.3) is 0 Å². The van der Waals surface area contributed by atoms with Crippen LogP contribution in [0.15, 0.2) is 60.7 Å². The van der Waals surface area contributed by atoms with Crippen LogP contribution in [-0.2, 0) is 11.3 Å². The topological polar surface area (TPSA) is 132 Å². The minimum atomic E-state index is -1.44. The number of carboxylic acids is 1. The highest BCUT2D eigenvalue weighted by molar-refractivity contribution is 6.14. The van der Waals surface area contributed by atoms with Gasteiger partial charge in [-0.15, -0.1) is 0 Å². The van der Waals surface area contributed by atoms with Gasteiger partial charge in [0, 0.05) is 27.8 Å². The second-order valence-corrected chi connectivity index (χ2v) is 8.10. The van der Waals surface area contributed by atoms with Gasteiger partial charge in [-0.1, -0.05) is 30.3 Å². The molecule has 0 aromatic heterocycles. The van der Waals surface area contributed by atoms with Gasteiger partial charge < -0.3 is 9.84 Å². The molecule has 0 saturated carbocycles. The van der Waals surface area contributed by atoms with Gasteiger partial charge in [0.15, 0.2) is 23.1 Å². The summed E-state index contributed by atoms with van der Waals surface area (Å²) in [4.78, 5) is 72.8. The van der Waals surface area contributed by atoms with Crippen molar-refractivity contribution in [3.63, 3.8) is 0 Å². The lowest BCUT2D eigenvalue weighted by atomic mass is 9.93. The second kappa shape index (κ2) is 10.7. The molecule has 0 spiro atoms. The molecular weight excluding hydrogens is 464 g/mol. The van der Waals surface area contributed by atoms with Crippen LogP contribution >= 0.6 is 0 Å². The van der Waals surface area contributed by atoms with Crippen molar-refractivity contribution in [2.75, 3.05) is 0 Å². The summed E-state index contributed by atoms with van der Waals surface area (Å²) in [5, 5.41) is 9.65. The number of hydrogen-bond donors (Lipinski definition) is 1. The molecule has 0 amide bonds. The maximum absolute atomic E-state index is 13.0. The zero-order valence-corrected chi connectivity index (χ0v) is 19.8. The zero-order chi connectivity index (χ0) is 26.6. The number of benzene rings is 3. The predicted molar refractivity (Wildman–Crippen MR) is 129 cm³/mol. The number of carbonyl (C=O) groups is 6. The Labute approximate surface area is 206 Å². The summed E-state index contributed by atoms with van der Waals surface area (Å²) in [7, 11) is 0. The molecule has 0 radical (unpaired) electrons. The van der Waals surface area contributed by atoms with Crippen LogP contribution < -0.4 is 0 Å². The molecule has 1 N–H and O–H groups in total. The molecule has 0 aliphatic rings. The highest BCUT2D eigenvalue weighted by Crippen LogP contribution is 2.21. The Bertz CT molecular complexity index is 1430. The first-order valence-corrected chi connectivity index (χ1v) is 10.8. The van der Waals surface area contributed by atoms with Gasteiger partial charge in [-0.25, -0.2) is 9.59 Å². The smallest absolute Gasteiger partial charge is 0.339 e. The standard InChI is InChI=1S/C28H22O8/c1-15(29)19-6-4-5-18(11-19)14-36-28(35)23-10-8-21(13-25(23)27(33)34)26(32)20-7-9-22(16(2)30)24(12-20)17(3)31/h4-13H,14H2,1-3H3,(H,33,34). The quantitative estimate of drug-likeness (QED) is 0.343. The summed E-state index contributed by atoms with van der Waals surface area (Å²) in [5.41, 5.74) is 0.633. The Morgan fingerprint density at radius 1 is 0.639 bits per heavy atom. The van der Waals surface area contributed by atoms with Crippen LogP contribution in [0.3, 0.4) is 0 Å². The number of ether oxygens (including phenoxy) is 1. The highest BCUT2D eigenvalue weighted by atomic mass is 16.5. The molecule has 36 heavy (non-hydrogen) atoms. The van der Waals surface area contributed by atoms with Crippen LogP contribution in [0.4, 0.5) is 0 Å². The van der Waals surface area contributed by atoms with E-state index in [4.69, 9.17) is 4.74 Å². The lowest BCUT2D eigenvalue weighted by molar-refractivity contribution is 0.0463. The Morgan fingerprint density at radius 3 is 1.78 bits per heavy atom. The molecule has 8 nitrogen and oxygen atoms in total. The van der Waals surface area contributed by atoms with Gasteiger partial charge in [0.05, 0.1) is 11.1 Å². The Morgan fingerprint density at radius 2 is 1.22 bits per heavy atom. The molecule has 0 fully saturated rings. The van der Waals surface area contributed by atoms with Gasteiger partial charge in [-0.3, -0.25) is 19.2 Å². The summed E-state index contributed by atoms with van der Waals surface area (Å²) in [6, 6.07) is 14.1. The van der Waals surface area contributed by atoms with Crippen molar-refractivity contribution in [3.05, 3.63) is 105 Å². The van der Waals surface area contributed by atoms with Crippen molar-refractivity contribution in [3.8, 4) is 0 Å². The normalized spacial score (nSPS) is 10.4. The third-order valence-electron chi connectivity index (χ3n) is 5.48. The molecular formula is C28H22O8. The number of ketones is 4. The van der Waals surface area contributed by atoms with Gasteiger partial charge in [0.25, 0.3) is 0 Å². The van der Waals surface area contributed by atoms with E-state index in [0.717, 1.165) is 6.07 Å². The lowest BCUT2D eigenvalue weighted by Gasteiger charge is -2.11. The summed E-state index contributed by atoms with van der Waals surface area (Å²) >= 11 is 0. The van der Waals surface area contributed by atoms with Crippen molar-refractivity contribution >= 4 is 35.1 Å². The number of carboxylic acid groups (broad SMARTS) is 1. The van der Waals surface area contributed by atoms with E-state index in [9.17, 15) is 33.9 Å². The monoisotopic (exact) mass is 486 g/mol. The third kappa shape index (κ3) is 5.67. The average Bonchev–Trinajstić information content (AvgIpc) is 2.86. The first kappa shape index (κ1) is 25.9. The van der Waals surface area contributed by atoms with Crippen molar-refractivity contribution in [2.24, 2.45) is 0 Å². The van der Waals surface area contributed by atoms with Crippen LogP contribution in [0.1, 0.15) is 94.0 Å². The first-order chi connectivity index (χ1) is 17.0. The van der Waals surface area contributed by atoms with Gasteiger partial charge in [0.1, 0.15) is 6.61 Å². The highest BCUT2D eigenvalue weighted by Gasteiger charge is 2.22. The van der Waals surface area contributed by atoms with E-state index in [2.05, 4.69) is 0 Å². The number of hydrogen-bond acceptors (Lipinski definition) is 7. The molecule has 3 aromatic carbocycles. The molecule has 0 heterocycles. The van der Waals surface area contributed by atoms with Gasteiger partial charge in [-0.05, 0) is 56.7 Å². The van der Waals surface area contributed by atoms with Crippen molar-refractivity contribution in [1.29, 1.82) is 0 Å². The van der Waals surface area contributed by atoms with Gasteiger partial charge in [-0.2, -0.15) is 0 Å². The Kier molecular flexibility index (Phi) is 7.69. The molecule has 3 rings (SSSR count). The van der Waals surface area contributed by atoms with E-state index in [0.29, 0.717) is 11.1 Å². The van der Waals surface area contributed by atoms with E-state index in [1.807, 2.05) is 0 Å². The Hall–Kier alpha value is -4.72. The molecule has 0 bridgehead atoms. The number of carbonyl (C=O) groups excluding carboxylic acids is 5. The molecule has 0 aliphatic heterocycles. The third-order valence-corrected chi connectivity index (χ3v) is 5.48. The second-order valence-electron chi connectivity index (χ2n) is 8.10. The van der Waals surface area contributed by atoms with Crippen molar-refractivity contribution in [1.82, 2.24) is 0 Å². The minimum absolute atomic E-state index is 0.0248. The average molecular weight is 486 g/mol. The SMILES string of the molecule is CC(=O)c1cccc(COC(=O)c2ccc(C(=O)c3ccc(C(C)=O)c(C(C)=O)c3)cc2C(=O)O)c1. The fourth-order valence-electron chi connectivity index (χ4n) is 3.60. The van der Waals surface area contributed by atoms with Crippen LogP contribution in [0, 0.1) is 0 Å². The van der Waals surface area contributed by atoms with Crippen LogP contribution in [-0.4, -0.2) is 40.2 Å². The van der Waals surface area contributed by atoms with Crippen molar-refractivity contribution in [2.45, 2.75) is 27.4 Å². The van der Waals surface area contributed by atoms with Crippen LogP contribution in [0.5, 0.6) is 0 Å². The fraction of sp³-hybridized carbons (Fsp3) is 0.143. The van der Waals surface area contributed by atoms with E-state index in [-0.39, 0.29) is 46.0 Å². The molecule has 182 valence electrons. The summed E-state index contributed by atoms with van der Waals surface area (Å²) in [6.07, 6.45) is 0. The van der Waals surface area contributed by atoms with Gasteiger partial charge >= 0.3 is 11.9 Å². The maximum atomic E-state index is 13.0. The summed E-state index contributed by atoms with van der Waals surface area (Å²) < 4.78 is 5.23. The number of rotatable bonds is 9. The largest absolute Gasteiger partial charge is 0.478 e. The molecule has 0 saturated heterocycles. The van der Waals surface area contributed by atoms with Crippen LogP contribution in [0.2, 0.25) is 0 Å². The number of aromatic carboxylic acids is 1. The Balaban J connectivity index is 1.88. The first-order valence-electron chi connectivity index (χ1n) is 10.8. The molecule has 0 unspecified atom stereocenters. The zero-order valence-electron chi connectivity index (χ0n) is 19.8. The lowest BCUT2D eigenvalue weighted by Crippen LogP contribution is -2.14. The molecule has 8 heteroatoms. The summed E-state index contributed by atoms with van der Waals surface area (Å²) in [5.74, 6) is -3.81. The summed E-state index contributed by atoms with van der Waals surface area (Å²) in [6.45, 7) is 3.80. The van der Waals surface area contributed by atoms with E-state index >= 15 is 0 Å². The molecule has 0 atom stereocenters. The molecule has 0 aliphatic carbocycles. The van der Waals surface area contributed by atoms with E-state index < -0.39 is 29.1 Å².